The van der Waals surface area contributed by atoms with Gasteiger partial charge in [-0.3, -0.25) is 4.74 Å². The van der Waals surface area contributed by atoms with Crippen molar-refractivity contribution < 1.29 is 40.6 Å². The lowest BCUT2D eigenvalue weighted by Gasteiger charge is -2.34. The van der Waals surface area contributed by atoms with Crippen LogP contribution in [0.15, 0.2) is 95.7 Å². The summed E-state index contributed by atoms with van der Waals surface area (Å²) in [5.41, 5.74) is -3.89. The number of hydrogen-bond acceptors (Lipinski definition) is 5. The zero-order valence-corrected chi connectivity index (χ0v) is 30.0. The molecule has 0 radical (unpaired) electrons. The summed E-state index contributed by atoms with van der Waals surface area (Å²) in [6.45, 7) is 5.95. The molecule has 0 aliphatic heterocycles. The summed E-state index contributed by atoms with van der Waals surface area (Å²) in [7, 11) is 1.91. The van der Waals surface area contributed by atoms with Crippen molar-refractivity contribution in [3.05, 3.63) is 102 Å². The van der Waals surface area contributed by atoms with Gasteiger partial charge in [-0.2, -0.15) is 26.3 Å². The molecule has 4 rings (SSSR count). The van der Waals surface area contributed by atoms with Gasteiger partial charge >= 0.3 is 12.4 Å². The number of methoxy groups -OCH3 is 3. The number of alkyl halides is 6. The number of hydrogen-bond donors (Lipinski definition) is 2. The minimum atomic E-state index is -5.00. The minimum absolute atomic E-state index is 0.0687. The molecule has 0 bridgehead atoms. The third-order valence-corrected chi connectivity index (χ3v) is 12.0. The molecule has 0 heterocycles. The van der Waals surface area contributed by atoms with Gasteiger partial charge in [0, 0.05) is 21.6 Å². The molecular formula is C36H38F6N3O3PS. The van der Waals surface area contributed by atoms with E-state index in [1.54, 1.807) is 21.3 Å². The van der Waals surface area contributed by atoms with Crippen molar-refractivity contribution >= 4 is 46.0 Å². The highest BCUT2D eigenvalue weighted by Gasteiger charge is 2.37. The molecule has 0 aliphatic carbocycles. The summed E-state index contributed by atoms with van der Waals surface area (Å²) >= 11 is 5.47. The van der Waals surface area contributed by atoms with Gasteiger partial charge in [0.1, 0.15) is 17.2 Å². The first-order valence-electron chi connectivity index (χ1n) is 15.3. The predicted octanol–water partition coefficient (Wildman–Crippen LogP) is 8.63. The number of ether oxygens (including phenoxy) is 3. The second-order valence-electron chi connectivity index (χ2n) is 12.4. The van der Waals surface area contributed by atoms with E-state index in [0.29, 0.717) is 29.4 Å². The van der Waals surface area contributed by atoms with Gasteiger partial charge in [0.2, 0.25) is 0 Å². The molecule has 6 nitrogen and oxygen atoms in total. The predicted molar refractivity (Wildman–Crippen MR) is 191 cm³/mol. The third-order valence-electron chi connectivity index (χ3n) is 8.01. The molecular weight excluding hydrogens is 699 g/mol. The first-order chi connectivity index (χ1) is 23.4. The number of benzene rings is 4. The number of halogens is 6. The Morgan fingerprint density at radius 3 is 1.32 bits per heavy atom. The number of thiocarbonyl (C=S) groups is 1. The van der Waals surface area contributed by atoms with Crippen molar-refractivity contribution in [2.24, 2.45) is 10.2 Å². The zero-order valence-electron chi connectivity index (χ0n) is 28.2. The maximum absolute atomic E-state index is 13.5. The van der Waals surface area contributed by atoms with Gasteiger partial charge in [0.15, 0.2) is 5.11 Å². The first-order valence-corrected chi connectivity index (χ1v) is 17.4. The summed E-state index contributed by atoms with van der Waals surface area (Å²) in [5, 5.41) is 8.24. The molecule has 0 aliphatic rings. The van der Waals surface area contributed by atoms with Crippen LogP contribution >= 0.6 is 19.3 Å². The van der Waals surface area contributed by atoms with Gasteiger partial charge < -0.3 is 24.8 Å². The van der Waals surface area contributed by atoms with Crippen molar-refractivity contribution in [1.82, 2.24) is 5.32 Å². The highest BCUT2D eigenvalue weighted by molar-refractivity contribution is 7.87. The second kappa shape index (κ2) is 15.3. The maximum atomic E-state index is 13.5. The average Bonchev–Trinajstić information content (AvgIpc) is 3.07. The number of rotatable bonds is 10. The number of anilines is 1. The van der Waals surface area contributed by atoms with Crippen LogP contribution in [0, 0.1) is 5.41 Å². The molecule has 1 atom stereocenters. The summed E-state index contributed by atoms with van der Waals surface area (Å²) in [6.07, 6.45) is -10.0. The van der Waals surface area contributed by atoms with Crippen LogP contribution in [0.5, 0.6) is 17.2 Å². The Hall–Kier alpha value is -4.22. The summed E-state index contributed by atoms with van der Waals surface area (Å²) < 4.78 is 103. The summed E-state index contributed by atoms with van der Waals surface area (Å²) in [4.78, 5) is 0. The van der Waals surface area contributed by atoms with Crippen LogP contribution in [0.3, 0.4) is 0 Å². The van der Waals surface area contributed by atoms with Crippen LogP contribution in [0.1, 0.15) is 31.9 Å². The van der Waals surface area contributed by atoms with E-state index >= 15 is 0 Å². The molecule has 0 aromatic heterocycles. The fraction of sp³-hybridized carbons (Fsp3) is 0.306. The maximum Gasteiger partial charge on any atom is 0.416 e. The van der Waals surface area contributed by atoms with Crippen molar-refractivity contribution in [3.8, 4) is 17.2 Å². The van der Waals surface area contributed by atoms with Gasteiger partial charge in [0.25, 0.3) is 0 Å². The molecule has 0 saturated carbocycles. The Kier molecular flexibility index (Phi) is 11.8. The summed E-state index contributed by atoms with van der Waals surface area (Å²) in [5.74, 6) is 1.97. The van der Waals surface area contributed by atoms with Crippen LogP contribution < -0.4 is 40.8 Å². The van der Waals surface area contributed by atoms with Crippen molar-refractivity contribution in [3.63, 3.8) is 0 Å². The highest BCUT2D eigenvalue weighted by Crippen LogP contribution is 2.48. The Morgan fingerprint density at radius 1 is 0.660 bits per heavy atom. The van der Waals surface area contributed by atoms with Crippen molar-refractivity contribution in [2.75, 3.05) is 33.2 Å². The SMILES string of the molecule is COc1ccc(P(=NC[C@@H](NC(=S)Nc2cc(C(F)(F)F)cc(C(F)(F)F)c2)C(C)(C)C)(c2ccc(OC)cc2)c2ccc(OC)cc2)cc1. The fourth-order valence-corrected chi connectivity index (χ4v) is 8.97. The van der Waals surface area contributed by atoms with Crippen LogP contribution in [-0.4, -0.2) is 39.0 Å². The normalized spacial score (nSPS) is 12.9. The van der Waals surface area contributed by atoms with Gasteiger partial charge in [-0.05, 0) is 109 Å². The highest BCUT2D eigenvalue weighted by atomic mass is 32.1. The smallest absolute Gasteiger partial charge is 0.416 e. The van der Waals surface area contributed by atoms with E-state index in [4.69, 9.17) is 31.2 Å². The van der Waals surface area contributed by atoms with Crippen LogP contribution in [-0.2, 0) is 12.4 Å². The van der Waals surface area contributed by atoms with Gasteiger partial charge in [-0.25, -0.2) is 0 Å². The Bertz CT molecular complexity index is 1670. The van der Waals surface area contributed by atoms with Gasteiger partial charge in [-0.15, -0.1) is 0 Å². The molecule has 268 valence electrons. The van der Waals surface area contributed by atoms with Gasteiger partial charge in [0.05, 0.1) is 52.1 Å². The lowest BCUT2D eigenvalue weighted by molar-refractivity contribution is -0.143. The zero-order chi connectivity index (χ0) is 36.9. The molecule has 0 spiro atoms. The number of nitrogens with zero attached hydrogens (tertiary/aromatic N) is 1. The van der Waals surface area contributed by atoms with E-state index in [2.05, 4.69) is 10.6 Å². The Morgan fingerprint density at radius 2 is 1.02 bits per heavy atom. The Balaban J connectivity index is 1.84. The molecule has 0 saturated heterocycles. The van der Waals surface area contributed by atoms with Gasteiger partial charge in [-0.1, -0.05) is 20.8 Å². The van der Waals surface area contributed by atoms with Crippen LogP contribution in [0.2, 0.25) is 0 Å². The van der Waals surface area contributed by atoms with E-state index in [9.17, 15) is 26.3 Å². The molecule has 4 aromatic rings. The lowest BCUT2D eigenvalue weighted by atomic mass is 9.87. The molecule has 50 heavy (non-hydrogen) atoms. The summed E-state index contributed by atoms with van der Waals surface area (Å²) in [6, 6.07) is 23.6. The molecule has 0 unspecified atom stereocenters. The fourth-order valence-electron chi connectivity index (χ4n) is 5.18. The monoisotopic (exact) mass is 737 g/mol. The molecule has 14 heteroatoms. The van der Waals surface area contributed by atoms with Crippen LogP contribution in [0.25, 0.3) is 0 Å². The quantitative estimate of drug-likeness (QED) is 0.0966. The minimum Gasteiger partial charge on any atom is -0.497 e. The van der Waals surface area contributed by atoms with Crippen LogP contribution in [0.4, 0.5) is 32.0 Å². The largest absolute Gasteiger partial charge is 0.497 e. The Labute approximate surface area is 293 Å². The third kappa shape index (κ3) is 9.11. The molecule has 2 N–H and O–H groups in total. The van der Waals surface area contributed by atoms with Crippen molar-refractivity contribution in [2.45, 2.75) is 39.2 Å². The number of nitrogens with one attached hydrogen (secondary N) is 2. The average molecular weight is 738 g/mol. The second-order valence-corrected chi connectivity index (χ2v) is 15.9. The lowest BCUT2D eigenvalue weighted by Crippen LogP contribution is -2.47. The molecule has 0 fully saturated rings. The van der Waals surface area contributed by atoms with Crippen molar-refractivity contribution in [1.29, 1.82) is 0 Å². The topological polar surface area (TPSA) is 64.1 Å². The first kappa shape index (κ1) is 38.6. The molecule has 4 aromatic carbocycles. The van der Waals surface area contributed by atoms with E-state index in [1.807, 2.05) is 93.6 Å². The molecule has 0 amide bonds. The van der Waals surface area contributed by atoms with E-state index < -0.39 is 47.7 Å². The standard InChI is InChI=1S/C36H38F6N3O3PS/c1-34(2,3)32(45-33(50)44-25-20-23(35(37,38)39)19-24(21-25)36(40,41)42)22-43-49(29-13-7-26(46-4)8-14-29,30-15-9-27(47-5)10-16-30)31-17-11-28(48-6)12-18-31/h7-21,32H,22H2,1-6H3,(H2,44,45,50)/t32-/m1/s1. The van der Waals surface area contributed by atoms with E-state index in [-0.39, 0.29) is 17.7 Å². The van der Waals surface area contributed by atoms with E-state index in [0.717, 1.165) is 15.9 Å². The van der Waals surface area contributed by atoms with E-state index in [1.165, 1.54) is 0 Å².